The van der Waals surface area contributed by atoms with E-state index in [1.807, 2.05) is 0 Å². The van der Waals surface area contributed by atoms with Gasteiger partial charge >= 0.3 is 0 Å². The van der Waals surface area contributed by atoms with Crippen molar-refractivity contribution in [1.82, 2.24) is 0 Å². The minimum absolute atomic E-state index is 0.446. The molecule has 0 bridgehead atoms. The second-order valence-electron chi connectivity index (χ2n) is 1.45. The van der Waals surface area contributed by atoms with Gasteiger partial charge in [-0.15, -0.1) is 0 Å². The first-order valence-corrected chi connectivity index (χ1v) is 4.30. The molecule has 50 valence electrons. The first kappa shape index (κ1) is 8.26. The van der Waals surface area contributed by atoms with Crippen molar-refractivity contribution in [3.05, 3.63) is 0 Å². The maximum absolute atomic E-state index is 10.3. The van der Waals surface area contributed by atoms with Crippen LogP contribution in [-0.4, -0.2) is 13.0 Å². The third-order valence-electron chi connectivity index (χ3n) is 0.728. The number of sulfonamides is 1. The molecule has 0 aliphatic heterocycles. The van der Waals surface area contributed by atoms with Crippen molar-refractivity contribution in [2.24, 2.45) is 5.14 Å². The van der Waals surface area contributed by atoms with Gasteiger partial charge < -0.3 is 0 Å². The van der Waals surface area contributed by atoms with Gasteiger partial charge in [-0.2, -0.15) is 12.6 Å². The van der Waals surface area contributed by atoms with E-state index >= 15 is 0 Å². The van der Waals surface area contributed by atoms with Gasteiger partial charge in [-0.05, 0) is 6.42 Å². The molecular weight excluding hydrogens is 146 g/mol. The Hall–Kier alpha value is 0.260. The van der Waals surface area contributed by atoms with Crippen LogP contribution in [0.5, 0.6) is 0 Å². The van der Waals surface area contributed by atoms with Crippen LogP contribution in [0, 0.1) is 0 Å². The number of primary sulfonamides is 1. The van der Waals surface area contributed by atoms with Crippen LogP contribution < -0.4 is 5.14 Å². The summed E-state index contributed by atoms with van der Waals surface area (Å²) < 4.78 is 19.8. The normalized spacial score (nSPS) is 15.9. The Labute approximate surface area is 54.7 Å². The summed E-state index contributed by atoms with van der Waals surface area (Å²) in [6.45, 7) is 1.71. The average Bonchev–Trinajstić information content (AvgIpc) is 1.62. The summed E-state index contributed by atoms with van der Waals surface area (Å²) in [6.07, 6.45) is 0.446. The second-order valence-corrected chi connectivity index (χ2v) is 4.17. The van der Waals surface area contributed by atoms with E-state index in [4.69, 9.17) is 0 Å². The highest BCUT2D eigenvalue weighted by atomic mass is 32.3. The molecule has 0 fully saturated rings. The molecule has 0 radical (unpaired) electrons. The Bertz CT molecular complexity index is 151. The molecule has 2 N–H and O–H groups in total. The Morgan fingerprint density at radius 1 is 1.75 bits per heavy atom. The molecule has 0 heterocycles. The fraction of sp³-hybridized carbons (Fsp3) is 1.00. The van der Waals surface area contributed by atoms with Gasteiger partial charge in [-0.1, -0.05) is 6.92 Å². The molecule has 8 heavy (non-hydrogen) atoms. The van der Waals surface area contributed by atoms with Crippen LogP contribution in [0.25, 0.3) is 0 Å². The van der Waals surface area contributed by atoms with Gasteiger partial charge in [0.15, 0.2) is 0 Å². The molecule has 0 saturated heterocycles. The summed E-state index contributed by atoms with van der Waals surface area (Å²) in [5.41, 5.74) is 0. The predicted octanol–water partition coefficient (Wildman–Crippen LogP) is -0.0592. The van der Waals surface area contributed by atoms with Crippen molar-refractivity contribution < 1.29 is 8.42 Å². The third kappa shape index (κ3) is 2.54. The van der Waals surface area contributed by atoms with Gasteiger partial charge in [0.2, 0.25) is 10.0 Å². The van der Waals surface area contributed by atoms with Crippen molar-refractivity contribution in [3.8, 4) is 0 Å². The Morgan fingerprint density at radius 3 is 2.12 bits per heavy atom. The van der Waals surface area contributed by atoms with Gasteiger partial charge in [0, 0.05) is 0 Å². The summed E-state index contributed by atoms with van der Waals surface area (Å²) >= 11 is 3.70. The molecule has 5 heteroatoms. The van der Waals surface area contributed by atoms with Crippen LogP contribution in [0.15, 0.2) is 0 Å². The van der Waals surface area contributed by atoms with Gasteiger partial charge in [-0.3, -0.25) is 0 Å². The quantitative estimate of drug-likeness (QED) is 0.549. The summed E-state index contributed by atoms with van der Waals surface area (Å²) in [4.78, 5) is 0. The van der Waals surface area contributed by atoms with Crippen LogP contribution in [-0.2, 0) is 10.0 Å². The zero-order chi connectivity index (χ0) is 6.78. The lowest BCUT2D eigenvalue weighted by Gasteiger charge is -2.01. The highest BCUT2D eigenvalue weighted by Crippen LogP contribution is 2.04. The van der Waals surface area contributed by atoms with Crippen molar-refractivity contribution in [1.29, 1.82) is 0 Å². The lowest BCUT2D eigenvalue weighted by atomic mass is 10.6. The third-order valence-corrected chi connectivity index (χ3v) is 3.07. The van der Waals surface area contributed by atoms with Crippen LogP contribution in [0.2, 0.25) is 0 Å². The second kappa shape index (κ2) is 2.70. The van der Waals surface area contributed by atoms with Gasteiger partial charge in [0.25, 0.3) is 0 Å². The van der Waals surface area contributed by atoms with Crippen molar-refractivity contribution >= 4 is 22.7 Å². The predicted molar refractivity (Wildman–Crippen MR) is 36.2 cm³/mol. The smallest absolute Gasteiger partial charge is 0.221 e. The lowest BCUT2D eigenvalue weighted by molar-refractivity contribution is 0.593. The molecule has 1 unspecified atom stereocenters. The van der Waals surface area contributed by atoms with Crippen LogP contribution in [0.1, 0.15) is 13.3 Å². The molecule has 0 aliphatic rings. The van der Waals surface area contributed by atoms with E-state index in [9.17, 15) is 8.42 Å². The fourth-order valence-electron chi connectivity index (χ4n) is 0.232. The molecule has 0 aromatic heterocycles. The Balaban J connectivity index is 4.04. The summed E-state index contributed by atoms with van der Waals surface area (Å²) in [7, 11) is -3.39. The van der Waals surface area contributed by atoms with E-state index < -0.39 is 14.6 Å². The van der Waals surface area contributed by atoms with Crippen molar-refractivity contribution in [2.45, 2.75) is 17.9 Å². The van der Waals surface area contributed by atoms with Crippen molar-refractivity contribution in [2.75, 3.05) is 0 Å². The number of thiol groups is 1. The Kier molecular flexibility index (Phi) is 2.79. The summed E-state index contributed by atoms with van der Waals surface area (Å²) in [6, 6.07) is 0. The molecule has 0 amide bonds. The van der Waals surface area contributed by atoms with Crippen LogP contribution >= 0.6 is 12.6 Å². The Morgan fingerprint density at radius 2 is 2.12 bits per heavy atom. The molecule has 0 aliphatic carbocycles. The minimum Gasteiger partial charge on any atom is -0.228 e. The highest BCUT2D eigenvalue weighted by molar-refractivity contribution is 8.03. The number of nitrogens with two attached hydrogens (primary N) is 1. The monoisotopic (exact) mass is 155 g/mol. The topological polar surface area (TPSA) is 60.2 Å². The molecule has 1 atom stereocenters. The van der Waals surface area contributed by atoms with Gasteiger partial charge in [0.1, 0.15) is 4.58 Å². The highest BCUT2D eigenvalue weighted by Gasteiger charge is 2.12. The number of hydrogen-bond donors (Lipinski definition) is 2. The zero-order valence-electron chi connectivity index (χ0n) is 4.53. The molecule has 0 aromatic carbocycles. The molecule has 0 aromatic rings. The van der Waals surface area contributed by atoms with E-state index in [1.54, 1.807) is 6.92 Å². The average molecular weight is 155 g/mol. The SMILES string of the molecule is CCC(S)S(N)(=O)=O. The molecule has 3 nitrogen and oxygen atoms in total. The molecule has 0 spiro atoms. The van der Waals surface area contributed by atoms with E-state index in [-0.39, 0.29) is 0 Å². The van der Waals surface area contributed by atoms with E-state index in [0.29, 0.717) is 6.42 Å². The zero-order valence-corrected chi connectivity index (χ0v) is 6.24. The molecule has 0 rings (SSSR count). The number of hydrogen-bond acceptors (Lipinski definition) is 3. The standard InChI is InChI=1S/C3H9NO2S2/c1-2-3(7)8(4,5)6/h3,7H,2H2,1H3,(H2,4,5,6). The first-order valence-electron chi connectivity index (χ1n) is 2.18. The summed E-state index contributed by atoms with van der Waals surface area (Å²) in [5, 5.41) is 4.69. The fourth-order valence-corrected chi connectivity index (χ4v) is 0.697. The maximum Gasteiger partial charge on any atom is 0.221 e. The minimum atomic E-state index is -3.39. The first-order chi connectivity index (χ1) is 3.48. The largest absolute Gasteiger partial charge is 0.228 e. The summed E-state index contributed by atoms with van der Waals surface area (Å²) in [5.74, 6) is 0. The molecular formula is C3H9NO2S2. The van der Waals surface area contributed by atoms with Gasteiger partial charge in [-0.25, -0.2) is 13.6 Å². The van der Waals surface area contributed by atoms with Gasteiger partial charge in [0.05, 0.1) is 0 Å². The molecule has 0 saturated carbocycles. The van der Waals surface area contributed by atoms with E-state index in [1.165, 1.54) is 0 Å². The van der Waals surface area contributed by atoms with Crippen LogP contribution in [0.4, 0.5) is 0 Å². The van der Waals surface area contributed by atoms with E-state index in [2.05, 4.69) is 17.8 Å². The lowest BCUT2D eigenvalue weighted by Crippen LogP contribution is -2.22. The van der Waals surface area contributed by atoms with Crippen molar-refractivity contribution in [3.63, 3.8) is 0 Å². The van der Waals surface area contributed by atoms with E-state index in [0.717, 1.165) is 0 Å². The maximum atomic E-state index is 10.3. The number of rotatable bonds is 2. The van der Waals surface area contributed by atoms with Crippen LogP contribution in [0.3, 0.4) is 0 Å².